The van der Waals surface area contributed by atoms with Gasteiger partial charge in [0.05, 0.1) is 24.4 Å². The van der Waals surface area contributed by atoms with Crippen molar-refractivity contribution in [2.75, 3.05) is 12.4 Å². The lowest BCUT2D eigenvalue weighted by atomic mass is 9.99. The van der Waals surface area contributed by atoms with Gasteiger partial charge >= 0.3 is 5.97 Å². The highest BCUT2D eigenvalue weighted by Crippen LogP contribution is 2.30. The number of amides is 1. The standard InChI is InChI=1S/C19H17ClN2O4/c1-10(19(24)25)16-18(23)21-15-8-7-13(26-2)9-14(15)17(22-16)11-3-5-12(20)6-4-11/h3-10,16H,1-2H3,(H,21,23)(H,24,25). The number of carbonyl (C=O) groups excluding carboxylic acids is 1. The molecule has 7 heteroatoms. The number of nitrogens with one attached hydrogen (secondary N) is 1. The van der Waals surface area contributed by atoms with Crippen molar-refractivity contribution in [2.24, 2.45) is 10.9 Å². The summed E-state index contributed by atoms with van der Waals surface area (Å²) in [4.78, 5) is 28.5. The van der Waals surface area contributed by atoms with E-state index in [1.54, 1.807) is 49.6 Å². The second-order valence-corrected chi connectivity index (χ2v) is 6.39. The first-order valence-corrected chi connectivity index (χ1v) is 8.34. The number of aliphatic imine (C=N–C) groups is 1. The van der Waals surface area contributed by atoms with Crippen LogP contribution in [0.3, 0.4) is 0 Å². The van der Waals surface area contributed by atoms with Crippen molar-refractivity contribution in [1.29, 1.82) is 0 Å². The first kappa shape index (κ1) is 17.9. The van der Waals surface area contributed by atoms with Gasteiger partial charge in [-0.3, -0.25) is 14.6 Å². The quantitative estimate of drug-likeness (QED) is 0.862. The molecule has 134 valence electrons. The number of fused-ring (bicyclic) bond motifs is 1. The van der Waals surface area contributed by atoms with E-state index in [2.05, 4.69) is 10.3 Å². The van der Waals surface area contributed by atoms with Crippen LogP contribution in [0, 0.1) is 5.92 Å². The molecule has 6 nitrogen and oxygen atoms in total. The van der Waals surface area contributed by atoms with Crippen LogP contribution in [0.25, 0.3) is 0 Å². The number of halogens is 1. The largest absolute Gasteiger partial charge is 0.497 e. The second kappa shape index (κ2) is 7.17. The van der Waals surface area contributed by atoms with Gasteiger partial charge in [0, 0.05) is 16.1 Å². The molecular formula is C19H17ClN2O4. The van der Waals surface area contributed by atoms with Gasteiger partial charge in [-0.15, -0.1) is 0 Å². The van der Waals surface area contributed by atoms with E-state index in [0.717, 1.165) is 5.56 Å². The predicted molar refractivity (Wildman–Crippen MR) is 99.3 cm³/mol. The van der Waals surface area contributed by atoms with Crippen LogP contribution in [0.4, 0.5) is 5.69 Å². The molecule has 3 rings (SSSR count). The maximum atomic E-state index is 12.6. The molecule has 2 aromatic rings. The zero-order valence-corrected chi connectivity index (χ0v) is 14.9. The minimum atomic E-state index is -1.09. The first-order valence-electron chi connectivity index (χ1n) is 7.96. The van der Waals surface area contributed by atoms with Crippen LogP contribution in [-0.4, -0.2) is 35.8 Å². The van der Waals surface area contributed by atoms with Crippen molar-refractivity contribution < 1.29 is 19.4 Å². The number of aliphatic carboxylic acids is 1. The van der Waals surface area contributed by atoms with E-state index in [-0.39, 0.29) is 0 Å². The summed E-state index contributed by atoms with van der Waals surface area (Å²) in [5.74, 6) is -1.93. The number of carboxylic acid groups (broad SMARTS) is 1. The third-order valence-corrected chi connectivity index (χ3v) is 4.51. The molecule has 0 aliphatic carbocycles. The van der Waals surface area contributed by atoms with Gasteiger partial charge in [0.2, 0.25) is 5.91 Å². The number of carboxylic acids is 1. The van der Waals surface area contributed by atoms with Crippen LogP contribution in [-0.2, 0) is 9.59 Å². The molecule has 2 atom stereocenters. The van der Waals surface area contributed by atoms with Gasteiger partial charge < -0.3 is 15.2 Å². The third kappa shape index (κ3) is 3.41. The monoisotopic (exact) mass is 372 g/mol. The Balaban J connectivity index is 2.22. The van der Waals surface area contributed by atoms with E-state index in [1.807, 2.05) is 0 Å². The highest BCUT2D eigenvalue weighted by molar-refractivity contribution is 6.30. The minimum absolute atomic E-state index is 0.463. The van der Waals surface area contributed by atoms with Crippen molar-refractivity contribution in [3.8, 4) is 5.75 Å². The van der Waals surface area contributed by atoms with Gasteiger partial charge in [-0.1, -0.05) is 23.7 Å². The van der Waals surface area contributed by atoms with Crippen LogP contribution < -0.4 is 10.1 Å². The summed E-state index contributed by atoms with van der Waals surface area (Å²) in [6.07, 6.45) is 0. The number of benzene rings is 2. The molecule has 2 aromatic carbocycles. The van der Waals surface area contributed by atoms with Crippen LogP contribution in [0.1, 0.15) is 18.1 Å². The maximum absolute atomic E-state index is 12.6. The number of benzodiazepines with no additional fused rings is 1. The van der Waals surface area contributed by atoms with E-state index >= 15 is 0 Å². The fourth-order valence-electron chi connectivity index (χ4n) is 2.74. The Morgan fingerprint density at radius 3 is 2.58 bits per heavy atom. The van der Waals surface area contributed by atoms with Gasteiger partial charge in [0.15, 0.2) is 0 Å². The number of carbonyl (C=O) groups is 2. The number of anilines is 1. The summed E-state index contributed by atoms with van der Waals surface area (Å²) in [7, 11) is 1.55. The topological polar surface area (TPSA) is 88.0 Å². The molecule has 0 aromatic heterocycles. The van der Waals surface area contributed by atoms with Gasteiger partial charge in [0.25, 0.3) is 0 Å². The fourth-order valence-corrected chi connectivity index (χ4v) is 2.87. The number of ether oxygens (including phenoxy) is 1. The smallest absolute Gasteiger partial charge is 0.308 e. The highest BCUT2D eigenvalue weighted by Gasteiger charge is 2.33. The Hall–Kier alpha value is -2.86. The van der Waals surface area contributed by atoms with Crippen molar-refractivity contribution in [2.45, 2.75) is 13.0 Å². The lowest BCUT2D eigenvalue weighted by Gasteiger charge is -2.15. The fraction of sp³-hybridized carbons (Fsp3) is 0.211. The molecule has 0 saturated heterocycles. The molecule has 1 aliphatic heterocycles. The zero-order valence-electron chi connectivity index (χ0n) is 14.2. The Bertz CT molecular complexity index is 893. The molecule has 0 bridgehead atoms. The summed E-state index contributed by atoms with van der Waals surface area (Å²) < 4.78 is 5.28. The average Bonchev–Trinajstić information content (AvgIpc) is 2.77. The summed E-state index contributed by atoms with van der Waals surface area (Å²) in [5.41, 5.74) is 2.43. The Kier molecular flexibility index (Phi) is 4.95. The van der Waals surface area contributed by atoms with Gasteiger partial charge in [-0.2, -0.15) is 0 Å². The zero-order chi connectivity index (χ0) is 18.8. The number of methoxy groups -OCH3 is 1. The normalized spacial score (nSPS) is 17.4. The predicted octanol–water partition coefficient (Wildman–Crippen LogP) is 3.23. The summed E-state index contributed by atoms with van der Waals surface area (Å²) in [6, 6.07) is 11.1. The van der Waals surface area contributed by atoms with E-state index in [4.69, 9.17) is 16.3 Å². The molecule has 2 unspecified atom stereocenters. The molecule has 0 spiro atoms. The van der Waals surface area contributed by atoms with Crippen molar-refractivity contribution in [3.05, 3.63) is 58.6 Å². The molecular weight excluding hydrogens is 356 g/mol. The molecule has 1 aliphatic rings. The average molecular weight is 373 g/mol. The summed E-state index contributed by atoms with van der Waals surface area (Å²) >= 11 is 5.97. The van der Waals surface area contributed by atoms with Crippen LogP contribution in [0.2, 0.25) is 5.02 Å². The summed E-state index contributed by atoms with van der Waals surface area (Å²) in [5, 5.41) is 12.7. The number of hydrogen-bond acceptors (Lipinski definition) is 4. The number of hydrogen-bond donors (Lipinski definition) is 2. The van der Waals surface area contributed by atoms with Gasteiger partial charge in [-0.25, -0.2) is 0 Å². The molecule has 0 fully saturated rings. The number of rotatable bonds is 4. The van der Waals surface area contributed by atoms with Crippen molar-refractivity contribution in [1.82, 2.24) is 0 Å². The van der Waals surface area contributed by atoms with Gasteiger partial charge in [0.1, 0.15) is 11.8 Å². The molecule has 1 heterocycles. The Labute approximate surface area is 155 Å². The lowest BCUT2D eigenvalue weighted by molar-refractivity contribution is -0.143. The van der Waals surface area contributed by atoms with Crippen molar-refractivity contribution >= 4 is 34.9 Å². The molecule has 2 N–H and O–H groups in total. The summed E-state index contributed by atoms with van der Waals surface area (Å²) in [6.45, 7) is 1.46. The van der Waals surface area contributed by atoms with Crippen LogP contribution in [0.15, 0.2) is 47.5 Å². The SMILES string of the molecule is COc1ccc2c(c1)C(c1ccc(Cl)cc1)=NC(C(C)C(=O)O)C(=O)N2. The van der Waals surface area contributed by atoms with Crippen molar-refractivity contribution in [3.63, 3.8) is 0 Å². The Morgan fingerprint density at radius 1 is 1.27 bits per heavy atom. The molecule has 0 saturated carbocycles. The van der Waals surface area contributed by atoms with Crippen LogP contribution in [0.5, 0.6) is 5.75 Å². The van der Waals surface area contributed by atoms with E-state index < -0.39 is 23.8 Å². The molecule has 1 amide bonds. The lowest BCUT2D eigenvalue weighted by Crippen LogP contribution is -2.35. The third-order valence-electron chi connectivity index (χ3n) is 4.26. The highest BCUT2D eigenvalue weighted by atomic mass is 35.5. The van der Waals surface area contributed by atoms with E-state index in [9.17, 15) is 14.7 Å². The maximum Gasteiger partial charge on any atom is 0.308 e. The second-order valence-electron chi connectivity index (χ2n) is 5.96. The van der Waals surface area contributed by atoms with Crippen LogP contribution >= 0.6 is 11.6 Å². The molecule has 26 heavy (non-hydrogen) atoms. The van der Waals surface area contributed by atoms with Gasteiger partial charge in [-0.05, 0) is 37.3 Å². The Morgan fingerprint density at radius 2 is 1.96 bits per heavy atom. The number of nitrogens with zero attached hydrogens (tertiary/aromatic N) is 1. The first-order chi connectivity index (χ1) is 12.4. The molecule has 0 radical (unpaired) electrons. The van der Waals surface area contributed by atoms with E-state index in [1.165, 1.54) is 6.92 Å². The minimum Gasteiger partial charge on any atom is -0.497 e. The van der Waals surface area contributed by atoms with E-state index in [0.29, 0.717) is 27.7 Å².